The standard InChI is InChI=1S/C11H17O2P.BrH/c1-2-3-9-11(13-14)12-10-7-5-4-6-8-10;/h4-8,11H,2-3,9,14H2,1H3;1H. The zero-order valence-electron chi connectivity index (χ0n) is 8.89. The van der Waals surface area contributed by atoms with Gasteiger partial charge in [-0.25, -0.2) is 0 Å². The molecule has 0 aliphatic heterocycles. The lowest BCUT2D eigenvalue weighted by molar-refractivity contribution is 0.0131. The Bertz CT molecular complexity index is 244. The lowest BCUT2D eigenvalue weighted by atomic mass is 10.2. The van der Waals surface area contributed by atoms with Crippen LogP contribution in [0.25, 0.3) is 0 Å². The Kier molecular flexibility index (Phi) is 9.07. The summed E-state index contributed by atoms with van der Waals surface area (Å²) < 4.78 is 10.8. The van der Waals surface area contributed by atoms with E-state index in [0.29, 0.717) is 0 Å². The van der Waals surface area contributed by atoms with Gasteiger partial charge >= 0.3 is 0 Å². The van der Waals surface area contributed by atoms with Gasteiger partial charge in [0.1, 0.15) is 5.75 Å². The number of unbranched alkanes of at least 4 members (excludes halogenated alkanes) is 1. The molecule has 1 rings (SSSR count). The van der Waals surface area contributed by atoms with E-state index < -0.39 is 0 Å². The van der Waals surface area contributed by atoms with E-state index in [4.69, 9.17) is 9.26 Å². The molecule has 0 heterocycles. The number of rotatable bonds is 6. The van der Waals surface area contributed by atoms with Crippen molar-refractivity contribution in [2.45, 2.75) is 32.5 Å². The van der Waals surface area contributed by atoms with Gasteiger partial charge in [-0.2, -0.15) is 0 Å². The average molecular weight is 293 g/mol. The minimum atomic E-state index is -0.151. The highest BCUT2D eigenvalue weighted by Gasteiger charge is 2.07. The van der Waals surface area contributed by atoms with Crippen LogP contribution in [0.15, 0.2) is 30.3 Å². The summed E-state index contributed by atoms with van der Waals surface area (Å²) in [6.45, 7) is 2.16. The topological polar surface area (TPSA) is 18.5 Å². The van der Waals surface area contributed by atoms with Gasteiger partial charge < -0.3 is 9.26 Å². The first-order valence-electron chi connectivity index (χ1n) is 4.94. The summed E-state index contributed by atoms with van der Waals surface area (Å²) in [5.74, 6) is 0.857. The summed E-state index contributed by atoms with van der Waals surface area (Å²) in [5, 5.41) is 0. The predicted octanol–water partition coefficient (Wildman–Crippen LogP) is 3.97. The smallest absolute Gasteiger partial charge is 0.202 e. The van der Waals surface area contributed by atoms with Crippen LogP contribution in [0.4, 0.5) is 0 Å². The maximum absolute atomic E-state index is 5.62. The van der Waals surface area contributed by atoms with E-state index in [1.165, 1.54) is 0 Å². The zero-order valence-corrected chi connectivity index (χ0v) is 11.8. The number of halogens is 1. The van der Waals surface area contributed by atoms with E-state index in [0.717, 1.165) is 25.0 Å². The van der Waals surface area contributed by atoms with Crippen LogP contribution in [0.2, 0.25) is 0 Å². The second-order valence-corrected chi connectivity index (χ2v) is 3.41. The van der Waals surface area contributed by atoms with Gasteiger partial charge in [0.25, 0.3) is 0 Å². The largest absolute Gasteiger partial charge is 0.465 e. The van der Waals surface area contributed by atoms with Gasteiger partial charge in [-0.3, -0.25) is 0 Å². The van der Waals surface area contributed by atoms with Gasteiger partial charge in [-0.15, -0.1) is 17.0 Å². The normalized spacial score (nSPS) is 11.6. The Morgan fingerprint density at radius 2 is 1.93 bits per heavy atom. The molecule has 86 valence electrons. The third-order valence-electron chi connectivity index (χ3n) is 1.96. The van der Waals surface area contributed by atoms with Crippen LogP contribution >= 0.6 is 26.4 Å². The van der Waals surface area contributed by atoms with Crippen LogP contribution in [0.1, 0.15) is 26.2 Å². The van der Waals surface area contributed by atoms with Gasteiger partial charge in [0.2, 0.25) is 6.29 Å². The average Bonchev–Trinajstić information content (AvgIpc) is 2.25. The molecule has 1 aromatic rings. The fourth-order valence-corrected chi connectivity index (χ4v) is 1.37. The van der Waals surface area contributed by atoms with Crippen LogP contribution in [0, 0.1) is 0 Å². The van der Waals surface area contributed by atoms with Crippen molar-refractivity contribution in [1.29, 1.82) is 0 Å². The molecule has 2 atom stereocenters. The number of ether oxygens (including phenoxy) is 1. The predicted molar refractivity (Wildman–Crippen MR) is 71.5 cm³/mol. The molecule has 0 N–H and O–H groups in total. The number of hydrogen-bond acceptors (Lipinski definition) is 2. The third kappa shape index (κ3) is 6.14. The Morgan fingerprint density at radius 1 is 1.27 bits per heavy atom. The highest BCUT2D eigenvalue weighted by Crippen LogP contribution is 2.16. The summed E-state index contributed by atoms with van der Waals surface area (Å²) >= 11 is 0. The second kappa shape index (κ2) is 9.14. The Hall–Kier alpha value is -0.110. The molecule has 0 saturated heterocycles. The van der Waals surface area contributed by atoms with Crippen molar-refractivity contribution in [3.8, 4) is 5.75 Å². The molecule has 0 aromatic heterocycles. The first kappa shape index (κ1) is 14.9. The van der Waals surface area contributed by atoms with Crippen molar-refractivity contribution in [3.05, 3.63) is 30.3 Å². The summed E-state index contributed by atoms with van der Waals surface area (Å²) in [7, 11) is 2.26. The first-order valence-corrected chi connectivity index (χ1v) is 5.41. The molecule has 0 bridgehead atoms. The molecule has 0 aliphatic carbocycles. The van der Waals surface area contributed by atoms with E-state index in [1.807, 2.05) is 30.3 Å². The van der Waals surface area contributed by atoms with Crippen molar-refractivity contribution in [2.75, 3.05) is 0 Å². The molecule has 0 saturated carbocycles. The van der Waals surface area contributed by atoms with Crippen LogP contribution in [-0.4, -0.2) is 6.29 Å². The van der Waals surface area contributed by atoms with E-state index in [1.54, 1.807) is 0 Å². The highest BCUT2D eigenvalue weighted by atomic mass is 79.9. The minimum absolute atomic E-state index is 0. The van der Waals surface area contributed by atoms with Gasteiger partial charge in [-0.1, -0.05) is 31.5 Å². The van der Waals surface area contributed by atoms with Crippen molar-refractivity contribution < 1.29 is 9.26 Å². The fourth-order valence-electron chi connectivity index (χ4n) is 1.18. The van der Waals surface area contributed by atoms with Gasteiger partial charge in [-0.05, 0) is 18.6 Å². The second-order valence-electron chi connectivity index (χ2n) is 3.14. The van der Waals surface area contributed by atoms with Crippen molar-refractivity contribution in [1.82, 2.24) is 0 Å². The number of hydrogen-bond donors (Lipinski definition) is 0. The van der Waals surface area contributed by atoms with Gasteiger partial charge in [0.05, 0.1) is 0 Å². The monoisotopic (exact) mass is 292 g/mol. The molecule has 1 aromatic carbocycles. The summed E-state index contributed by atoms with van der Waals surface area (Å²) in [5.41, 5.74) is 0. The SMILES string of the molecule is Br.CCCCC(OP)Oc1ccccc1. The molecule has 2 unspecified atom stereocenters. The Balaban J connectivity index is 0.00000196. The van der Waals surface area contributed by atoms with Crippen LogP contribution in [0.3, 0.4) is 0 Å². The molecule has 2 nitrogen and oxygen atoms in total. The lowest BCUT2D eigenvalue weighted by Crippen LogP contribution is -2.16. The van der Waals surface area contributed by atoms with Gasteiger partial charge in [0.15, 0.2) is 0 Å². The maximum Gasteiger partial charge on any atom is 0.202 e. The molecule has 0 spiro atoms. The zero-order chi connectivity index (χ0) is 10.2. The van der Waals surface area contributed by atoms with Crippen LogP contribution < -0.4 is 4.74 Å². The molecule has 0 aliphatic rings. The van der Waals surface area contributed by atoms with Crippen LogP contribution in [0.5, 0.6) is 5.75 Å². The third-order valence-corrected chi connectivity index (χ3v) is 2.26. The molecular formula is C11H18BrO2P. The molecule has 0 radical (unpaired) electrons. The summed E-state index contributed by atoms with van der Waals surface area (Å²) in [6, 6.07) is 9.74. The van der Waals surface area contributed by atoms with Crippen LogP contribution in [-0.2, 0) is 4.52 Å². The number of para-hydroxylation sites is 1. The van der Waals surface area contributed by atoms with Gasteiger partial charge in [0, 0.05) is 15.9 Å². The van der Waals surface area contributed by atoms with E-state index in [-0.39, 0.29) is 23.3 Å². The quantitative estimate of drug-likeness (QED) is 0.583. The summed E-state index contributed by atoms with van der Waals surface area (Å²) in [6.07, 6.45) is 3.05. The maximum atomic E-state index is 5.62. The van der Waals surface area contributed by atoms with E-state index in [2.05, 4.69) is 16.4 Å². The minimum Gasteiger partial charge on any atom is -0.465 e. The van der Waals surface area contributed by atoms with E-state index >= 15 is 0 Å². The Morgan fingerprint density at radius 3 is 2.47 bits per heavy atom. The van der Waals surface area contributed by atoms with E-state index in [9.17, 15) is 0 Å². The first-order chi connectivity index (χ1) is 6.86. The fraction of sp³-hybridized carbons (Fsp3) is 0.455. The lowest BCUT2D eigenvalue weighted by Gasteiger charge is -2.16. The summed E-state index contributed by atoms with van der Waals surface area (Å²) in [4.78, 5) is 0. The van der Waals surface area contributed by atoms with Crippen molar-refractivity contribution in [3.63, 3.8) is 0 Å². The highest BCUT2D eigenvalue weighted by molar-refractivity contribution is 8.93. The molecule has 4 heteroatoms. The number of benzene rings is 1. The molecule has 15 heavy (non-hydrogen) atoms. The van der Waals surface area contributed by atoms with Crippen molar-refractivity contribution in [2.24, 2.45) is 0 Å². The molecule has 0 fully saturated rings. The van der Waals surface area contributed by atoms with Crippen molar-refractivity contribution >= 4 is 26.4 Å². The molecular weight excluding hydrogens is 275 g/mol. The Labute approximate surface area is 104 Å². The molecule has 0 amide bonds.